The average molecular weight is 485 g/mol. The molecule has 1 amide bonds. The van der Waals surface area contributed by atoms with Gasteiger partial charge in [-0.25, -0.2) is 4.79 Å². The van der Waals surface area contributed by atoms with Gasteiger partial charge in [-0.15, -0.1) is 11.8 Å². The molecule has 0 aliphatic carbocycles. The van der Waals surface area contributed by atoms with Gasteiger partial charge in [0.1, 0.15) is 5.75 Å². The van der Waals surface area contributed by atoms with Crippen molar-refractivity contribution in [3.8, 4) is 16.9 Å². The summed E-state index contributed by atoms with van der Waals surface area (Å²) in [6, 6.07) is 24.3. The second kappa shape index (κ2) is 10.9. The van der Waals surface area contributed by atoms with Gasteiger partial charge in [0.25, 0.3) is 5.91 Å². The molecule has 0 unspecified atom stereocenters. The predicted octanol–water partition coefficient (Wildman–Crippen LogP) is 6.31. The monoisotopic (exact) mass is 484 g/mol. The van der Waals surface area contributed by atoms with Gasteiger partial charge in [0, 0.05) is 33.7 Å². The molecule has 7 heteroatoms. The van der Waals surface area contributed by atoms with Crippen LogP contribution in [0, 0.1) is 6.92 Å². The molecule has 0 spiro atoms. The highest BCUT2D eigenvalue weighted by Gasteiger charge is 2.12. The lowest BCUT2D eigenvalue weighted by Crippen LogP contribution is -2.11. The van der Waals surface area contributed by atoms with Crippen LogP contribution in [-0.2, 0) is 5.75 Å². The van der Waals surface area contributed by atoms with E-state index in [2.05, 4.69) is 10.3 Å². The topological polar surface area (TPSA) is 88.5 Å². The number of amides is 1. The van der Waals surface area contributed by atoms with E-state index in [-0.39, 0.29) is 11.5 Å². The predicted molar refractivity (Wildman–Crippen MR) is 138 cm³/mol. The standard InChI is InChI=1S/C28H24N2O4S/c1-18-26(28(32)33)14-22(16-29-18)20-5-3-6-21(13-20)27(31)30-23-11-9-19(10-12-23)17-35-25-8-4-7-24(15-25)34-2/h3-16H,17H2,1-2H3,(H,30,31)(H,32,33). The van der Waals surface area contributed by atoms with Crippen molar-refractivity contribution in [1.29, 1.82) is 0 Å². The molecule has 6 nitrogen and oxygen atoms in total. The third kappa shape index (κ3) is 6.07. The van der Waals surface area contributed by atoms with Crippen LogP contribution < -0.4 is 10.1 Å². The Labute approximate surface area is 208 Å². The van der Waals surface area contributed by atoms with Crippen LogP contribution in [0.15, 0.2) is 90.0 Å². The Kier molecular flexibility index (Phi) is 7.48. The number of nitrogens with zero attached hydrogens (tertiary/aromatic N) is 1. The van der Waals surface area contributed by atoms with E-state index in [9.17, 15) is 14.7 Å². The number of anilines is 1. The van der Waals surface area contributed by atoms with E-state index in [1.165, 1.54) is 0 Å². The number of pyridine rings is 1. The number of thioether (sulfide) groups is 1. The number of carbonyl (C=O) groups excluding carboxylic acids is 1. The summed E-state index contributed by atoms with van der Waals surface area (Å²) in [5, 5.41) is 12.3. The van der Waals surface area contributed by atoms with Crippen molar-refractivity contribution in [3.63, 3.8) is 0 Å². The van der Waals surface area contributed by atoms with Crippen LogP contribution in [0.4, 0.5) is 5.69 Å². The highest BCUT2D eigenvalue weighted by atomic mass is 32.2. The fourth-order valence-corrected chi connectivity index (χ4v) is 4.39. The first-order valence-corrected chi connectivity index (χ1v) is 11.9. The highest BCUT2D eigenvalue weighted by Crippen LogP contribution is 2.27. The maximum atomic E-state index is 12.8. The van der Waals surface area contributed by atoms with E-state index >= 15 is 0 Å². The molecule has 176 valence electrons. The van der Waals surface area contributed by atoms with Crippen molar-refractivity contribution in [1.82, 2.24) is 4.98 Å². The Morgan fingerprint density at radius 1 is 0.971 bits per heavy atom. The molecule has 4 rings (SSSR count). The summed E-state index contributed by atoms with van der Waals surface area (Å²) in [5.41, 5.74) is 4.25. The number of hydrogen-bond donors (Lipinski definition) is 2. The second-order valence-corrected chi connectivity index (χ2v) is 8.91. The summed E-state index contributed by atoms with van der Waals surface area (Å²) >= 11 is 1.71. The molecule has 35 heavy (non-hydrogen) atoms. The molecule has 2 N–H and O–H groups in total. The molecule has 0 aliphatic heterocycles. The van der Waals surface area contributed by atoms with E-state index in [0.29, 0.717) is 22.5 Å². The number of methoxy groups -OCH3 is 1. The number of carboxylic acid groups (broad SMARTS) is 1. The summed E-state index contributed by atoms with van der Waals surface area (Å²) in [6.07, 6.45) is 1.61. The lowest BCUT2D eigenvalue weighted by Gasteiger charge is -2.09. The molecule has 0 saturated heterocycles. The molecule has 1 heterocycles. The number of ether oxygens (including phenoxy) is 1. The summed E-state index contributed by atoms with van der Waals surface area (Å²) < 4.78 is 5.27. The largest absolute Gasteiger partial charge is 0.497 e. The number of aromatic carboxylic acids is 1. The normalized spacial score (nSPS) is 10.6. The maximum absolute atomic E-state index is 12.8. The SMILES string of the molecule is COc1cccc(SCc2ccc(NC(=O)c3cccc(-c4cnc(C)c(C(=O)O)c4)c3)cc2)c1. The molecule has 0 radical (unpaired) electrons. The number of hydrogen-bond acceptors (Lipinski definition) is 5. The van der Waals surface area contributed by atoms with Crippen molar-refractivity contribution in [2.45, 2.75) is 17.6 Å². The van der Waals surface area contributed by atoms with Crippen molar-refractivity contribution in [2.75, 3.05) is 12.4 Å². The zero-order chi connectivity index (χ0) is 24.8. The van der Waals surface area contributed by atoms with Gasteiger partial charge in [-0.3, -0.25) is 9.78 Å². The van der Waals surface area contributed by atoms with Gasteiger partial charge in [0.05, 0.1) is 18.4 Å². The third-order valence-electron chi connectivity index (χ3n) is 5.43. The highest BCUT2D eigenvalue weighted by molar-refractivity contribution is 7.98. The van der Waals surface area contributed by atoms with E-state index in [1.807, 2.05) is 54.6 Å². The number of aromatic nitrogens is 1. The Balaban J connectivity index is 1.42. The number of carboxylic acids is 1. The van der Waals surface area contributed by atoms with E-state index in [0.717, 1.165) is 27.5 Å². The van der Waals surface area contributed by atoms with Crippen molar-refractivity contribution < 1.29 is 19.4 Å². The molecule has 0 saturated carbocycles. The fraction of sp³-hybridized carbons (Fsp3) is 0.107. The van der Waals surface area contributed by atoms with Crippen molar-refractivity contribution >= 4 is 29.3 Å². The molecular weight excluding hydrogens is 460 g/mol. The molecule has 4 aromatic rings. The first-order valence-electron chi connectivity index (χ1n) is 10.9. The molecule has 0 atom stereocenters. The minimum atomic E-state index is -1.03. The molecule has 0 aliphatic rings. The van der Waals surface area contributed by atoms with Crippen LogP contribution in [0.3, 0.4) is 0 Å². The van der Waals surface area contributed by atoms with Crippen LogP contribution in [0.2, 0.25) is 0 Å². The summed E-state index contributed by atoms with van der Waals surface area (Å²) in [5.74, 6) is 0.352. The van der Waals surface area contributed by atoms with Crippen LogP contribution in [-0.4, -0.2) is 29.1 Å². The van der Waals surface area contributed by atoms with E-state index in [1.54, 1.807) is 56.3 Å². The quantitative estimate of drug-likeness (QED) is 0.285. The van der Waals surface area contributed by atoms with E-state index in [4.69, 9.17) is 4.74 Å². The zero-order valence-corrected chi connectivity index (χ0v) is 20.1. The smallest absolute Gasteiger partial charge is 0.337 e. The molecule has 3 aromatic carbocycles. The Hall–Kier alpha value is -4.10. The summed E-state index contributed by atoms with van der Waals surface area (Å²) in [4.78, 5) is 29.6. The third-order valence-corrected chi connectivity index (χ3v) is 6.50. The van der Waals surface area contributed by atoms with E-state index < -0.39 is 5.97 Å². The van der Waals surface area contributed by atoms with Crippen LogP contribution in [0.25, 0.3) is 11.1 Å². The van der Waals surface area contributed by atoms with Crippen LogP contribution in [0.1, 0.15) is 32.0 Å². The average Bonchev–Trinajstić information content (AvgIpc) is 2.88. The minimum Gasteiger partial charge on any atom is -0.497 e. The second-order valence-electron chi connectivity index (χ2n) is 7.86. The van der Waals surface area contributed by atoms with Gasteiger partial charge in [0.15, 0.2) is 0 Å². The lowest BCUT2D eigenvalue weighted by atomic mass is 10.0. The van der Waals surface area contributed by atoms with Crippen molar-refractivity contribution in [3.05, 3.63) is 107 Å². The number of aryl methyl sites for hydroxylation is 1. The Morgan fingerprint density at radius 3 is 2.49 bits per heavy atom. The Morgan fingerprint density at radius 2 is 1.74 bits per heavy atom. The molecular formula is C28H24N2O4S. The van der Waals surface area contributed by atoms with Crippen LogP contribution >= 0.6 is 11.8 Å². The Bertz CT molecular complexity index is 1370. The van der Waals surface area contributed by atoms with Gasteiger partial charge in [-0.05, 0) is 66.6 Å². The number of rotatable bonds is 8. The first kappa shape index (κ1) is 24.0. The fourth-order valence-electron chi connectivity index (χ4n) is 3.49. The summed E-state index contributed by atoms with van der Waals surface area (Å²) in [7, 11) is 1.65. The van der Waals surface area contributed by atoms with Gasteiger partial charge < -0.3 is 15.2 Å². The number of carbonyl (C=O) groups is 2. The number of nitrogens with one attached hydrogen (secondary N) is 1. The number of benzene rings is 3. The van der Waals surface area contributed by atoms with Crippen LogP contribution in [0.5, 0.6) is 5.75 Å². The van der Waals surface area contributed by atoms with Gasteiger partial charge >= 0.3 is 5.97 Å². The maximum Gasteiger partial charge on any atom is 0.337 e. The van der Waals surface area contributed by atoms with Gasteiger partial charge in [-0.2, -0.15) is 0 Å². The minimum absolute atomic E-state index is 0.141. The first-order chi connectivity index (χ1) is 16.9. The van der Waals surface area contributed by atoms with Crippen molar-refractivity contribution in [2.24, 2.45) is 0 Å². The van der Waals surface area contributed by atoms with Gasteiger partial charge in [-0.1, -0.05) is 30.3 Å². The zero-order valence-electron chi connectivity index (χ0n) is 19.3. The molecule has 1 aromatic heterocycles. The van der Waals surface area contributed by atoms with Gasteiger partial charge in [0.2, 0.25) is 0 Å². The molecule has 0 bridgehead atoms. The summed E-state index contributed by atoms with van der Waals surface area (Å²) in [6.45, 7) is 1.65. The molecule has 0 fully saturated rings. The lowest BCUT2D eigenvalue weighted by molar-refractivity contribution is 0.0695.